The summed E-state index contributed by atoms with van der Waals surface area (Å²) >= 11 is 8.78. The van der Waals surface area contributed by atoms with Crippen LogP contribution in [-0.4, -0.2) is 9.97 Å². The van der Waals surface area contributed by atoms with E-state index in [0.29, 0.717) is 0 Å². The van der Waals surface area contributed by atoms with E-state index in [1.165, 1.54) is 21.9 Å². The van der Waals surface area contributed by atoms with Gasteiger partial charge in [0.2, 0.25) is 0 Å². The van der Waals surface area contributed by atoms with Crippen molar-refractivity contribution in [3.63, 3.8) is 0 Å². The van der Waals surface area contributed by atoms with Crippen molar-refractivity contribution in [2.45, 2.75) is 0 Å². The lowest BCUT2D eigenvalue weighted by molar-refractivity contribution is 1.32. The number of hydrogen-bond donors (Lipinski definition) is 0. The van der Waals surface area contributed by atoms with Gasteiger partial charge in [-0.15, -0.1) is 11.3 Å². The Kier molecular flexibility index (Phi) is 2.41. The van der Waals surface area contributed by atoms with Gasteiger partial charge in [-0.2, -0.15) is 0 Å². The Hall–Kier alpha value is -1.30. The predicted molar refractivity (Wildman–Crippen MR) is 94.8 cm³/mol. The molecule has 5 heteroatoms. The SMILES string of the molecule is Brc1sc(Br)c2nc3c(nc12)-c1cccc2cccc-3c12. The zero-order chi connectivity index (χ0) is 14.1. The predicted octanol–water partition coefficient (Wildman–Crippen LogP) is 6.02. The Morgan fingerprint density at radius 1 is 0.762 bits per heavy atom. The summed E-state index contributed by atoms with van der Waals surface area (Å²) in [5, 5.41) is 2.50. The van der Waals surface area contributed by atoms with Crippen LogP contribution in [-0.2, 0) is 0 Å². The second-order valence-corrected chi connectivity index (χ2v) is 8.63. The van der Waals surface area contributed by atoms with Crippen molar-refractivity contribution in [1.82, 2.24) is 9.97 Å². The van der Waals surface area contributed by atoms with Crippen molar-refractivity contribution in [1.29, 1.82) is 0 Å². The quantitative estimate of drug-likeness (QED) is 0.308. The van der Waals surface area contributed by atoms with Crippen molar-refractivity contribution < 1.29 is 0 Å². The first kappa shape index (κ1) is 12.3. The number of aromatic nitrogens is 2. The second-order valence-electron chi connectivity index (χ2n) is 4.98. The molecule has 0 spiro atoms. The summed E-state index contributed by atoms with van der Waals surface area (Å²) in [6, 6.07) is 12.7. The Labute approximate surface area is 141 Å². The molecule has 100 valence electrons. The first-order valence-electron chi connectivity index (χ1n) is 6.42. The van der Waals surface area contributed by atoms with Crippen molar-refractivity contribution in [2.75, 3.05) is 0 Å². The third-order valence-electron chi connectivity index (χ3n) is 3.86. The topological polar surface area (TPSA) is 25.8 Å². The highest BCUT2D eigenvalue weighted by Gasteiger charge is 2.26. The maximum absolute atomic E-state index is 4.89. The van der Waals surface area contributed by atoms with Gasteiger partial charge in [0.15, 0.2) is 0 Å². The van der Waals surface area contributed by atoms with Crippen LogP contribution in [0.1, 0.15) is 0 Å². The van der Waals surface area contributed by atoms with Crippen molar-refractivity contribution in [3.05, 3.63) is 44.0 Å². The van der Waals surface area contributed by atoms with Crippen LogP contribution in [0.15, 0.2) is 44.0 Å². The van der Waals surface area contributed by atoms with Crippen LogP contribution in [0, 0.1) is 0 Å². The Morgan fingerprint density at radius 3 is 1.81 bits per heavy atom. The highest BCUT2D eigenvalue weighted by atomic mass is 79.9. The van der Waals surface area contributed by atoms with Crippen LogP contribution in [0.25, 0.3) is 44.3 Å². The van der Waals surface area contributed by atoms with E-state index < -0.39 is 0 Å². The lowest BCUT2D eigenvalue weighted by Gasteiger charge is -2.01. The van der Waals surface area contributed by atoms with E-state index in [1.807, 2.05) is 0 Å². The molecular formula is C16H6Br2N2S. The maximum Gasteiger partial charge on any atom is 0.116 e. The van der Waals surface area contributed by atoms with Gasteiger partial charge in [0.05, 0.1) is 19.0 Å². The lowest BCUT2D eigenvalue weighted by atomic mass is 10.0. The van der Waals surface area contributed by atoms with Crippen LogP contribution in [0.2, 0.25) is 0 Å². The van der Waals surface area contributed by atoms with Gasteiger partial charge in [0.25, 0.3) is 0 Å². The van der Waals surface area contributed by atoms with Gasteiger partial charge in [-0.05, 0) is 37.2 Å². The average molecular weight is 418 g/mol. The highest BCUT2D eigenvalue weighted by Crippen LogP contribution is 2.47. The summed E-state index contributed by atoms with van der Waals surface area (Å²) < 4.78 is 2.03. The lowest BCUT2D eigenvalue weighted by Crippen LogP contribution is -1.88. The molecule has 2 nitrogen and oxygen atoms in total. The fraction of sp³-hybridized carbons (Fsp3) is 0. The van der Waals surface area contributed by atoms with Crippen LogP contribution in [0.5, 0.6) is 0 Å². The Morgan fingerprint density at radius 2 is 1.29 bits per heavy atom. The van der Waals surface area contributed by atoms with E-state index >= 15 is 0 Å². The van der Waals surface area contributed by atoms with Crippen LogP contribution in [0.3, 0.4) is 0 Å². The summed E-state index contributed by atoms with van der Waals surface area (Å²) in [5.41, 5.74) is 6.19. The summed E-state index contributed by atoms with van der Waals surface area (Å²) in [4.78, 5) is 9.77. The number of benzene rings is 2. The van der Waals surface area contributed by atoms with E-state index in [2.05, 4.69) is 68.3 Å². The summed E-state index contributed by atoms with van der Waals surface area (Å²) in [7, 11) is 0. The molecule has 0 aliphatic heterocycles. The van der Waals surface area contributed by atoms with E-state index in [4.69, 9.17) is 9.97 Å². The summed E-state index contributed by atoms with van der Waals surface area (Å²) in [6.07, 6.45) is 0. The summed E-state index contributed by atoms with van der Waals surface area (Å²) in [5.74, 6) is 0. The largest absolute Gasteiger partial charge is 0.242 e. The Balaban J connectivity index is 2.02. The van der Waals surface area contributed by atoms with Gasteiger partial charge in [0, 0.05) is 16.5 Å². The van der Waals surface area contributed by atoms with Crippen LogP contribution in [0.4, 0.5) is 0 Å². The third kappa shape index (κ3) is 1.51. The van der Waals surface area contributed by atoms with E-state index in [-0.39, 0.29) is 0 Å². The van der Waals surface area contributed by atoms with Crippen molar-refractivity contribution in [2.24, 2.45) is 0 Å². The molecule has 0 atom stereocenters. The molecule has 0 fully saturated rings. The number of fused-ring (bicyclic) bond motifs is 4. The highest BCUT2D eigenvalue weighted by molar-refractivity contribution is 9.12. The third-order valence-corrected chi connectivity index (χ3v) is 6.33. The van der Waals surface area contributed by atoms with Crippen molar-refractivity contribution in [3.8, 4) is 22.5 Å². The summed E-state index contributed by atoms with van der Waals surface area (Å²) in [6.45, 7) is 0. The molecule has 2 aromatic heterocycles. The normalized spacial score (nSPS) is 12.3. The zero-order valence-electron chi connectivity index (χ0n) is 10.5. The molecule has 0 radical (unpaired) electrons. The van der Waals surface area contributed by atoms with Gasteiger partial charge < -0.3 is 0 Å². The molecule has 0 saturated heterocycles. The number of nitrogens with zero attached hydrogens (tertiary/aromatic N) is 2. The number of hydrogen-bond acceptors (Lipinski definition) is 3. The molecular weight excluding hydrogens is 412 g/mol. The van der Waals surface area contributed by atoms with Gasteiger partial charge in [0.1, 0.15) is 11.0 Å². The van der Waals surface area contributed by atoms with Crippen molar-refractivity contribution >= 4 is 65.0 Å². The number of halogens is 2. The minimum absolute atomic E-state index is 0.926. The number of rotatable bonds is 0. The second kappa shape index (κ2) is 4.12. The van der Waals surface area contributed by atoms with Gasteiger partial charge in [-0.25, -0.2) is 9.97 Å². The van der Waals surface area contributed by atoms with Gasteiger partial charge in [-0.1, -0.05) is 36.4 Å². The van der Waals surface area contributed by atoms with E-state index in [1.54, 1.807) is 11.3 Å². The molecule has 0 saturated carbocycles. The molecule has 1 aliphatic carbocycles. The van der Waals surface area contributed by atoms with Gasteiger partial charge in [-0.3, -0.25) is 0 Å². The Bertz CT molecular complexity index is 990. The zero-order valence-corrected chi connectivity index (χ0v) is 14.5. The number of thiophene rings is 1. The molecule has 4 aromatic rings. The van der Waals surface area contributed by atoms with Crippen LogP contribution >= 0.6 is 43.2 Å². The average Bonchev–Trinajstić information content (AvgIpc) is 2.96. The fourth-order valence-corrected chi connectivity index (χ4v) is 5.81. The minimum atomic E-state index is 0.926. The first-order chi connectivity index (χ1) is 10.2. The van der Waals surface area contributed by atoms with E-state index in [0.717, 1.165) is 30.0 Å². The molecule has 0 N–H and O–H groups in total. The maximum atomic E-state index is 4.89. The molecule has 0 amide bonds. The van der Waals surface area contributed by atoms with Gasteiger partial charge >= 0.3 is 0 Å². The fourth-order valence-electron chi connectivity index (χ4n) is 3.00. The molecule has 2 heterocycles. The molecule has 2 aromatic carbocycles. The standard InChI is InChI=1S/C16H6Br2N2S/c17-15-13-14(16(18)21-15)20-12-9-6-2-4-7-3-1-5-8(10(7)9)11(12)19-13/h1-6H. The molecule has 1 aliphatic rings. The van der Waals surface area contributed by atoms with E-state index in [9.17, 15) is 0 Å². The molecule has 21 heavy (non-hydrogen) atoms. The minimum Gasteiger partial charge on any atom is -0.242 e. The smallest absolute Gasteiger partial charge is 0.116 e. The monoisotopic (exact) mass is 416 g/mol. The first-order valence-corrected chi connectivity index (χ1v) is 8.82. The molecule has 0 bridgehead atoms. The van der Waals surface area contributed by atoms with Crippen LogP contribution < -0.4 is 0 Å². The molecule has 0 unspecified atom stereocenters. The molecule has 5 rings (SSSR count).